The van der Waals surface area contributed by atoms with Crippen LogP contribution in [0.5, 0.6) is 0 Å². The van der Waals surface area contributed by atoms with Gasteiger partial charge in [-0.3, -0.25) is 0 Å². The van der Waals surface area contributed by atoms with E-state index < -0.39 is 0 Å². The van der Waals surface area contributed by atoms with Crippen LogP contribution in [0.4, 0.5) is 0 Å². The van der Waals surface area contributed by atoms with Crippen molar-refractivity contribution < 1.29 is 0 Å². The van der Waals surface area contributed by atoms with E-state index >= 15 is 0 Å². The highest BCUT2D eigenvalue weighted by Crippen LogP contribution is 2.52. The van der Waals surface area contributed by atoms with Gasteiger partial charge in [0.05, 0.1) is 0 Å². The van der Waals surface area contributed by atoms with Crippen LogP contribution in [0.2, 0.25) is 0 Å². The fourth-order valence-electron chi connectivity index (χ4n) is 4.47. The Morgan fingerprint density at radius 2 is 1.04 bits per heavy atom. The quantitative estimate of drug-likeness (QED) is 0.386. The Labute approximate surface area is 153 Å². The Morgan fingerprint density at radius 3 is 1.33 bits per heavy atom. The van der Waals surface area contributed by atoms with Gasteiger partial charge in [-0.1, -0.05) is 89.1 Å². The van der Waals surface area contributed by atoms with E-state index in [-0.39, 0.29) is 15.8 Å². The van der Waals surface area contributed by atoms with Crippen LogP contribution < -0.4 is 0 Å². The van der Waals surface area contributed by atoms with E-state index in [2.05, 4.69) is 78.0 Å². The number of hydrogen-bond acceptors (Lipinski definition) is 0. The molecule has 0 radical (unpaired) electrons. The Morgan fingerprint density at radius 1 is 0.708 bits per heavy atom. The molecular formula is C22H36P2. The second kappa shape index (κ2) is 9.50. The number of hydrogen-bond donors (Lipinski definition) is 0. The highest BCUT2D eigenvalue weighted by Gasteiger charge is 2.34. The Bertz CT molecular complexity index is 470. The van der Waals surface area contributed by atoms with Crippen molar-refractivity contribution in [2.45, 2.75) is 52.9 Å². The van der Waals surface area contributed by atoms with Gasteiger partial charge < -0.3 is 0 Å². The molecule has 0 aromatic carbocycles. The van der Waals surface area contributed by atoms with Gasteiger partial charge in [-0.15, -0.1) is 15.8 Å². The highest BCUT2D eigenvalue weighted by molar-refractivity contribution is 7.58. The lowest BCUT2D eigenvalue weighted by atomic mass is 9.82. The van der Waals surface area contributed by atoms with E-state index in [1.165, 1.54) is 24.6 Å². The highest BCUT2D eigenvalue weighted by atomic mass is 31.1. The first kappa shape index (κ1) is 20.1. The summed E-state index contributed by atoms with van der Waals surface area (Å²) in [5.41, 5.74) is 4.94. The molecule has 2 aliphatic carbocycles. The molecule has 0 fully saturated rings. The van der Waals surface area contributed by atoms with Gasteiger partial charge >= 0.3 is 0 Å². The zero-order valence-electron chi connectivity index (χ0n) is 16.5. The maximum absolute atomic E-state index is 2.49. The van der Waals surface area contributed by atoms with Gasteiger partial charge in [0.1, 0.15) is 0 Å². The van der Waals surface area contributed by atoms with Crippen molar-refractivity contribution in [1.29, 1.82) is 0 Å². The van der Waals surface area contributed by atoms with Crippen LogP contribution in [0, 0.1) is 11.8 Å². The predicted octanol–water partition coefficient (Wildman–Crippen LogP) is 7.03. The van der Waals surface area contributed by atoms with Gasteiger partial charge in [-0.2, -0.15) is 0 Å². The molecule has 2 rings (SSSR count). The lowest BCUT2D eigenvalue weighted by molar-refractivity contribution is 0.595. The molecule has 4 atom stereocenters. The van der Waals surface area contributed by atoms with Gasteiger partial charge in [-0.25, -0.2) is 0 Å². The monoisotopic (exact) mass is 362 g/mol. The van der Waals surface area contributed by atoms with E-state index in [9.17, 15) is 0 Å². The maximum atomic E-state index is 2.49. The molecule has 0 N–H and O–H groups in total. The summed E-state index contributed by atoms with van der Waals surface area (Å²) in [4.78, 5) is 0. The first-order valence-electron chi connectivity index (χ1n) is 9.83. The third kappa shape index (κ3) is 4.14. The first-order valence-corrected chi connectivity index (χ1v) is 13.4. The minimum atomic E-state index is 0.135. The topological polar surface area (TPSA) is 0 Å². The average Bonchev–Trinajstić information content (AvgIpc) is 3.25. The summed E-state index contributed by atoms with van der Waals surface area (Å²) < 4.78 is 0. The molecule has 0 saturated carbocycles. The fourth-order valence-corrected chi connectivity index (χ4v) is 8.92. The van der Waals surface area contributed by atoms with Crippen molar-refractivity contribution in [1.82, 2.24) is 0 Å². The summed E-state index contributed by atoms with van der Waals surface area (Å²) in [7, 11) is 0.269. The summed E-state index contributed by atoms with van der Waals surface area (Å²) in [6, 6.07) is 0. The van der Waals surface area contributed by atoms with Crippen LogP contribution in [-0.2, 0) is 0 Å². The molecule has 24 heavy (non-hydrogen) atoms. The molecule has 0 heterocycles. The van der Waals surface area contributed by atoms with E-state index in [4.69, 9.17) is 0 Å². The average molecular weight is 362 g/mol. The molecule has 2 unspecified atom stereocenters. The van der Waals surface area contributed by atoms with Crippen LogP contribution >= 0.6 is 15.8 Å². The number of rotatable bonds is 9. The van der Waals surface area contributed by atoms with Crippen molar-refractivity contribution in [2.24, 2.45) is 11.8 Å². The molecule has 0 aliphatic heterocycles. The van der Waals surface area contributed by atoms with Gasteiger partial charge in [0.25, 0.3) is 0 Å². The van der Waals surface area contributed by atoms with Crippen LogP contribution in [0.15, 0.2) is 47.6 Å². The lowest BCUT2D eigenvalue weighted by Gasteiger charge is -2.34. The summed E-state index contributed by atoms with van der Waals surface area (Å²) in [5.74, 6) is 1.22. The molecule has 0 saturated heterocycles. The van der Waals surface area contributed by atoms with E-state index in [1.807, 2.05) is 0 Å². The van der Waals surface area contributed by atoms with Crippen molar-refractivity contribution >= 4 is 15.8 Å². The van der Waals surface area contributed by atoms with Gasteiger partial charge in [0.15, 0.2) is 0 Å². The Balaban J connectivity index is 2.18. The van der Waals surface area contributed by atoms with E-state index in [0.29, 0.717) is 11.8 Å². The zero-order valence-corrected chi connectivity index (χ0v) is 18.3. The standard InChI is InChI=1S/C22H36P2/c1-7-23(8-2)17(5)19-13-11-15-21(19)22-16-12-14-20(22)18(6)24(9-3)10-4/h11-18,21-22H,7-10H2,1-6H3/t17-,18-,21?,22?/m1/s1. The predicted molar refractivity (Wildman–Crippen MR) is 116 cm³/mol. The molecule has 0 amide bonds. The van der Waals surface area contributed by atoms with Crippen LogP contribution in [0.3, 0.4) is 0 Å². The van der Waals surface area contributed by atoms with Crippen molar-refractivity contribution in [3.05, 3.63) is 47.6 Å². The van der Waals surface area contributed by atoms with Crippen molar-refractivity contribution in [3.63, 3.8) is 0 Å². The third-order valence-corrected chi connectivity index (χ3v) is 12.1. The molecule has 0 spiro atoms. The number of allylic oxidation sites excluding steroid dienone is 8. The second-order valence-corrected chi connectivity index (χ2v) is 13.4. The first-order chi connectivity index (χ1) is 11.6. The third-order valence-electron chi connectivity index (χ3n) is 6.06. The van der Waals surface area contributed by atoms with Crippen LogP contribution in [0.1, 0.15) is 41.5 Å². The van der Waals surface area contributed by atoms with Gasteiger partial charge in [0, 0.05) is 11.8 Å². The largest absolute Gasteiger partial charge is 0.100 e. The van der Waals surface area contributed by atoms with Gasteiger partial charge in [0.2, 0.25) is 0 Å². The van der Waals surface area contributed by atoms with Crippen molar-refractivity contribution in [2.75, 3.05) is 24.6 Å². The minimum absolute atomic E-state index is 0.135. The smallest absolute Gasteiger partial charge is 0.00899 e. The molecule has 134 valence electrons. The molecule has 2 heteroatoms. The Kier molecular flexibility index (Phi) is 7.97. The molecular weight excluding hydrogens is 326 g/mol. The molecule has 0 aromatic rings. The molecule has 2 aliphatic rings. The fraction of sp³-hybridized carbons (Fsp3) is 0.636. The minimum Gasteiger partial charge on any atom is -0.100 e. The van der Waals surface area contributed by atoms with E-state index in [0.717, 1.165) is 11.3 Å². The van der Waals surface area contributed by atoms with Crippen LogP contribution in [-0.4, -0.2) is 36.0 Å². The molecule has 0 aromatic heterocycles. The summed E-state index contributed by atoms with van der Waals surface area (Å²) in [5, 5.41) is 0. The normalized spacial score (nSPS) is 25.5. The zero-order chi connectivity index (χ0) is 17.7. The second-order valence-electron chi connectivity index (χ2n) is 6.95. The summed E-state index contributed by atoms with van der Waals surface area (Å²) in [6.07, 6.45) is 19.9. The van der Waals surface area contributed by atoms with Crippen molar-refractivity contribution in [3.8, 4) is 0 Å². The summed E-state index contributed by atoms with van der Waals surface area (Å²) in [6.45, 7) is 14.5. The van der Waals surface area contributed by atoms with E-state index in [1.54, 1.807) is 11.1 Å². The van der Waals surface area contributed by atoms with Gasteiger partial charge in [-0.05, 0) is 36.0 Å². The SMILES string of the molecule is CCP(CC)[C@H](C)C1=CC=CC1C1C=CC=C1[C@@H](C)P(CC)CC. The molecule has 0 bridgehead atoms. The molecule has 0 nitrogen and oxygen atoms in total. The van der Waals surface area contributed by atoms with Crippen LogP contribution in [0.25, 0.3) is 0 Å². The summed E-state index contributed by atoms with van der Waals surface area (Å²) >= 11 is 0. The lowest BCUT2D eigenvalue weighted by Crippen LogP contribution is -2.23. The maximum Gasteiger partial charge on any atom is 0.00899 e. The Hall–Kier alpha value is -0.180.